The minimum atomic E-state index is -3.92. The summed E-state index contributed by atoms with van der Waals surface area (Å²) in [5, 5.41) is -0.164. The van der Waals surface area contributed by atoms with E-state index in [9.17, 15) is 12.8 Å². The molecule has 5 nitrogen and oxygen atoms in total. The van der Waals surface area contributed by atoms with Gasteiger partial charge in [-0.25, -0.2) is 12.8 Å². The Hall–Kier alpha value is -1.99. The first-order valence-electron chi connectivity index (χ1n) is 7.23. The molecule has 0 aromatic heterocycles. The Morgan fingerprint density at radius 3 is 2.79 bits per heavy atom. The van der Waals surface area contributed by atoms with Crippen molar-refractivity contribution < 1.29 is 22.3 Å². The van der Waals surface area contributed by atoms with Crippen LogP contribution >= 0.6 is 11.6 Å². The molecule has 128 valence electrons. The van der Waals surface area contributed by atoms with E-state index >= 15 is 0 Å². The summed E-state index contributed by atoms with van der Waals surface area (Å²) in [4.78, 5) is 0.0125. The molecule has 0 aliphatic carbocycles. The molecule has 0 fully saturated rings. The Morgan fingerprint density at radius 1 is 1.29 bits per heavy atom. The number of halogens is 2. The SMILES string of the molecule is COc1ccc(S(=O)(=O)Nc2ccc(F)c(Cl)c2)c2c1CCCO2. The molecular formula is C16H15ClFNO4S. The molecule has 0 radical (unpaired) electrons. The maximum absolute atomic E-state index is 13.2. The highest BCUT2D eigenvalue weighted by Crippen LogP contribution is 2.39. The summed E-state index contributed by atoms with van der Waals surface area (Å²) in [5.74, 6) is 0.263. The van der Waals surface area contributed by atoms with Gasteiger partial charge in [-0.05, 0) is 43.2 Å². The van der Waals surface area contributed by atoms with Gasteiger partial charge < -0.3 is 9.47 Å². The fraction of sp³-hybridized carbons (Fsp3) is 0.250. The molecule has 1 heterocycles. The van der Waals surface area contributed by atoms with E-state index < -0.39 is 15.8 Å². The van der Waals surface area contributed by atoms with Crippen molar-refractivity contribution >= 4 is 27.3 Å². The zero-order valence-corrected chi connectivity index (χ0v) is 14.4. The summed E-state index contributed by atoms with van der Waals surface area (Å²) in [6.07, 6.45) is 1.46. The zero-order valence-electron chi connectivity index (χ0n) is 12.8. The molecule has 2 aromatic rings. The Balaban J connectivity index is 2.02. The number of hydrogen-bond acceptors (Lipinski definition) is 4. The average Bonchev–Trinajstić information content (AvgIpc) is 2.56. The Labute approximate surface area is 144 Å². The number of fused-ring (bicyclic) bond motifs is 1. The normalized spacial score (nSPS) is 13.8. The molecule has 0 spiro atoms. The van der Waals surface area contributed by atoms with Crippen LogP contribution in [0, 0.1) is 5.82 Å². The van der Waals surface area contributed by atoms with Crippen LogP contribution in [0.4, 0.5) is 10.1 Å². The Bertz CT molecular complexity index is 886. The number of ether oxygens (including phenoxy) is 2. The third-order valence-electron chi connectivity index (χ3n) is 3.68. The van der Waals surface area contributed by atoms with Gasteiger partial charge in [0.15, 0.2) is 0 Å². The van der Waals surface area contributed by atoms with E-state index in [0.717, 1.165) is 18.1 Å². The quantitative estimate of drug-likeness (QED) is 0.891. The predicted octanol–water partition coefficient (Wildman–Crippen LogP) is 3.61. The number of methoxy groups -OCH3 is 1. The summed E-state index contributed by atoms with van der Waals surface area (Å²) in [7, 11) is -2.40. The summed E-state index contributed by atoms with van der Waals surface area (Å²) in [6, 6.07) is 6.64. The van der Waals surface area contributed by atoms with Crippen LogP contribution in [0.15, 0.2) is 35.2 Å². The van der Waals surface area contributed by atoms with Crippen LogP contribution in [0.1, 0.15) is 12.0 Å². The summed E-state index contributed by atoms with van der Waals surface area (Å²) < 4.78 is 51.9. The minimum Gasteiger partial charge on any atom is -0.496 e. The molecule has 2 aromatic carbocycles. The topological polar surface area (TPSA) is 64.6 Å². The molecule has 24 heavy (non-hydrogen) atoms. The number of sulfonamides is 1. The van der Waals surface area contributed by atoms with Crippen molar-refractivity contribution in [3.8, 4) is 11.5 Å². The van der Waals surface area contributed by atoms with E-state index in [-0.39, 0.29) is 15.6 Å². The summed E-state index contributed by atoms with van der Waals surface area (Å²) in [5.41, 5.74) is 0.894. The number of nitrogens with one attached hydrogen (secondary N) is 1. The summed E-state index contributed by atoms with van der Waals surface area (Å²) >= 11 is 5.69. The Kier molecular flexibility index (Phi) is 4.56. The van der Waals surface area contributed by atoms with Crippen molar-refractivity contribution in [3.05, 3.63) is 46.7 Å². The van der Waals surface area contributed by atoms with E-state index in [2.05, 4.69) is 4.72 Å². The van der Waals surface area contributed by atoms with Gasteiger partial charge in [-0.15, -0.1) is 0 Å². The highest BCUT2D eigenvalue weighted by Gasteiger charge is 2.27. The molecule has 8 heteroatoms. The highest BCUT2D eigenvalue weighted by atomic mass is 35.5. The fourth-order valence-corrected chi connectivity index (χ4v) is 3.98. The van der Waals surface area contributed by atoms with Crippen LogP contribution < -0.4 is 14.2 Å². The first kappa shape index (κ1) is 16.9. The molecule has 1 N–H and O–H groups in total. The molecular weight excluding hydrogens is 357 g/mol. The van der Waals surface area contributed by atoms with Crippen molar-refractivity contribution in [2.45, 2.75) is 17.7 Å². The standard InChI is InChI=1S/C16H15ClFNO4S/c1-22-14-6-7-15(16-11(14)3-2-8-23-16)24(20,21)19-10-4-5-13(18)12(17)9-10/h4-7,9,19H,2-3,8H2,1H3. The van der Waals surface area contributed by atoms with Gasteiger partial charge in [0.1, 0.15) is 22.2 Å². The largest absolute Gasteiger partial charge is 0.496 e. The molecule has 0 amide bonds. The van der Waals surface area contributed by atoms with Crippen LogP contribution in [0.25, 0.3) is 0 Å². The first-order chi connectivity index (χ1) is 11.4. The minimum absolute atomic E-state index is 0.0125. The predicted molar refractivity (Wildman–Crippen MR) is 89.0 cm³/mol. The van der Waals surface area contributed by atoms with Gasteiger partial charge in [0.05, 0.1) is 24.4 Å². The van der Waals surface area contributed by atoms with Crippen molar-refractivity contribution in [2.24, 2.45) is 0 Å². The lowest BCUT2D eigenvalue weighted by Gasteiger charge is -2.22. The van der Waals surface area contributed by atoms with Crippen LogP contribution in [0.2, 0.25) is 5.02 Å². The lowest BCUT2D eigenvalue weighted by atomic mass is 10.1. The molecule has 0 bridgehead atoms. The van der Waals surface area contributed by atoms with Crippen molar-refractivity contribution in [2.75, 3.05) is 18.4 Å². The third kappa shape index (κ3) is 3.14. The van der Waals surface area contributed by atoms with Gasteiger partial charge in [0.2, 0.25) is 0 Å². The van der Waals surface area contributed by atoms with Gasteiger partial charge in [-0.3, -0.25) is 4.72 Å². The second-order valence-corrected chi connectivity index (χ2v) is 7.32. The molecule has 3 rings (SSSR count). The van der Waals surface area contributed by atoms with Crippen molar-refractivity contribution in [3.63, 3.8) is 0 Å². The highest BCUT2D eigenvalue weighted by molar-refractivity contribution is 7.92. The van der Waals surface area contributed by atoms with E-state index in [1.807, 2.05) is 0 Å². The van der Waals surface area contributed by atoms with E-state index in [1.165, 1.54) is 25.3 Å². The summed E-state index contributed by atoms with van der Waals surface area (Å²) in [6.45, 7) is 0.436. The second-order valence-electron chi connectivity index (χ2n) is 5.26. The van der Waals surface area contributed by atoms with Gasteiger partial charge >= 0.3 is 0 Å². The lowest BCUT2D eigenvalue weighted by Crippen LogP contribution is -2.18. The van der Waals surface area contributed by atoms with Gasteiger partial charge in [-0.1, -0.05) is 11.6 Å². The fourth-order valence-electron chi connectivity index (χ4n) is 2.58. The van der Waals surface area contributed by atoms with Crippen LogP contribution in [0.3, 0.4) is 0 Å². The number of benzene rings is 2. The third-order valence-corrected chi connectivity index (χ3v) is 5.37. The molecule has 0 unspecified atom stereocenters. The zero-order chi connectivity index (χ0) is 17.3. The van der Waals surface area contributed by atoms with Crippen molar-refractivity contribution in [1.82, 2.24) is 0 Å². The van der Waals surface area contributed by atoms with Gasteiger partial charge in [0, 0.05) is 5.56 Å². The monoisotopic (exact) mass is 371 g/mol. The van der Waals surface area contributed by atoms with E-state index in [4.69, 9.17) is 21.1 Å². The Morgan fingerprint density at radius 2 is 2.08 bits per heavy atom. The van der Waals surface area contributed by atoms with Crippen LogP contribution in [-0.4, -0.2) is 22.1 Å². The number of anilines is 1. The van der Waals surface area contributed by atoms with Crippen LogP contribution in [-0.2, 0) is 16.4 Å². The van der Waals surface area contributed by atoms with Crippen LogP contribution in [0.5, 0.6) is 11.5 Å². The van der Waals surface area contributed by atoms with E-state index in [1.54, 1.807) is 6.07 Å². The van der Waals surface area contributed by atoms with E-state index in [0.29, 0.717) is 24.5 Å². The van der Waals surface area contributed by atoms with Gasteiger partial charge in [-0.2, -0.15) is 0 Å². The van der Waals surface area contributed by atoms with Gasteiger partial charge in [0.25, 0.3) is 10.0 Å². The molecule has 1 aliphatic rings. The second kappa shape index (κ2) is 6.49. The molecule has 0 atom stereocenters. The number of hydrogen-bond donors (Lipinski definition) is 1. The maximum atomic E-state index is 13.2. The van der Waals surface area contributed by atoms with Crippen molar-refractivity contribution in [1.29, 1.82) is 0 Å². The molecule has 0 saturated carbocycles. The molecule has 0 saturated heterocycles. The smallest absolute Gasteiger partial charge is 0.265 e. The number of rotatable bonds is 4. The average molecular weight is 372 g/mol. The lowest BCUT2D eigenvalue weighted by molar-refractivity contribution is 0.274. The first-order valence-corrected chi connectivity index (χ1v) is 9.09. The molecule has 1 aliphatic heterocycles. The maximum Gasteiger partial charge on any atom is 0.265 e.